The molecule has 0 fully saturated rings. The highest BCUT2D eigenvalue weighted by Gasteiger charge is 2.19. The van der Waals surface area contributed by atoms with E-state index in [2.05, 4.69) is 15.3 Å². The summed E-state index contributed by atoms with van der Waals surface area (Å²) in [7, 11) is 0. The van der Waals surface area contributed by atoms with Gasteiger partial charge in [0.25, 0.3) is 5.91 Å². The maximum atomic E-state index is 12.4. The monoisotopic (exact) mass is 359 g/mol. The van der Waals surface area contributed by atoms with Crippen LogP contribution in [0.5, 0.6) is 5.75 Å². The third-order valence-corrected chi connectivity index (χ3v) is 4.22. The van der Waals surface area contributed by atoms with E-state index in [0.717, 1.165) is 11.1 Å². The summed E-state index contributed by atoms with van der Waals surface area (Å²) in [5.41, 5.74) is 2.04. The zero-order chi connectivity index (χ0) is 18.0. The molecule has 7 heteroatoms. The fraction of sp³-hybridized carbons (Fsp3) is 0.222. The van der Waals surface area contributed by atoms with Crippen molar-refractivity contribution in [2.45, 2.75) is 26.0 Å². The fourth-order valence-corrected chi connectivity index (χ4v) is 2.70. The Morgan fingerprint density at radius 2 is 1.84 bits per heavy atom. The minimum atomic E-state index is -0.696. The van der Waals surface area contributed by atoms with Gasteiger partial charge in [0.2, 0.25) is 0 Å². The number of rotatable bonds is 5. The molecule has 3 rings (SSSR count). The molecule has 3 N–H and O–H groups in total. The number of para-hydroxylation sites is 1. The fourth-order valence-electron chi connectivity index (χ4n) is 2.52. The summed E-state index contributed by atoms with van der Waals surface area (Å²) in [4.78, 5) is 29.1. The van der Waals surface area contributed by atoms with Crippen LogP contribution in [0.15, 0.2) is 47.3 Å². The van der Waals surface area contributed by atoms with E-state index in [4.69, 9.17) is 16.3 Å². The first-order valence-corrected chi connectivity index (χ1v) is 8.25. The molecule has 1 heterocycles. The molecule has 25 heavy (non-hydrogen) atoms. The predicted molar refractivity (Wildman–Crippen MR) is 97.0 cm³/mol. The molecule has 0 saturated heterocycles. The van der Waals surface area contributed by atoms with Crippen molar-refractivity contribution in [3.05, 3.63) is 63.5 Å². The van der Waals surface area contributed by atoms with Gasteiger partial charge in [-0.3, -0.25) is 4.79 Å². The number of ether oxygens (including phenoxy) is 1. The Morgan fingerprint density at radius 1 is 1.12 bits per heavy atom. The lowest BCUT2D eigenvalue weighted by molar-refractivity contribution is -0.127. The van der Waals surface area contributed by atoms with Crippen LogP contribution in [-0.4, -0.2) is 22.0 Å². The number of carbonyl (C=O) groups is 1. The van der Waals surface area contributed by atoms with Crippen LogP contribution in [0.4, 0.5) is 0 Å². The molecule has 0 aliphatic heterocycles. The maximum Gasteiger partial charge on any atom is 0.323 e. The van der Waals surface area contributed by atoms with Crippen molar-refractivity contribution >= 4 is 28.5 Å². The lowest BCUT2D eigenvalue weighted by Crippen LogP contribution is -2.37. The van der Waals surface area contributed by atoms with Gasteiger partial charge in [-0.05, 0) is 43.7 Å². The van der Waals surface area contributed by atoms with Crippen LogP contribution in [0.1, 0.15) is 25.5 Å². The number of nitrogens with one attached hydrogen (secondary N) is 3. The van der Waals surface area contributed by atoms with E-state index in [1.165, 1.54) is 0 Å². The van der Waals surface area contributed by atoms with Gasteiger partial charge in [-0.1, -0.05) is 29.8 Å². The number of hydrogen-bond donors (Lipinski definition) is 3. The van der Waals surface area contributed by atoms with E-state index in [9.17, 15) is 9.59 Å². The van der Waals surface area contributed by atoms with E-state index in [0.29, 0.717) is 16.3 Å². The molecule has 0 spiro atoms. The van der Waals surface area contributed by atoms with E-state index in [-0.39, 0.29) is 17.6 Å². The molecule has 0 aliphatic rings. The molecule has 1 amide bonds. The van der Waals surface area contributed by atoms with Crippen molar-refractivity contribution in [1.29, 1.82) is 0 Å². The topological polar surface area (TPSA) is 87.0 Å². The summed E-state index contributed by atoms with van der Waals surface area (Å²) in [5.74, 6) is 0.209. The third-order valence-electron chi connectivity index (χ3n) is 3.91. The molecule has 0 radical (unpaired) electrons. The summed E-state index contributed by atoms with van der Waals surface area (Å²) < 4.78 is 5.62. The number of carbonyl (C=O) groups excluding carboxylic acids is 1. The van der Waals surface area contributed by atoms with Crippen molar-refractivity contribution in [2.24, 2.45) is 0 Å². The second-order valence-electron chi connectivity index (χ2n) is 5.80. The molecule has 2 atom stereocenters. The molecule has 0 unspecified atom stereocenters. The Morgan fingerprint density at radius 3 is 2.60 bits per heavy atom. The average Bonchev–Trinajstić information content (AvgIpc) is 2.95. The summed E-state index contributed by atoms with van der Waals surface area (Å²) in [6.07, 6.45) is -0.696. The van der Waals surface area contributed by atoms with Gasteiger partial charge < -0.3 is 20.0 Å². The van der Waals surface area contributed by atoms with E-state index < -0.39 is 6.10 Å². The molecule has 0 aliphatic carbocycles. The number of aromatic amines is 2. The summed E-state index contributed by atoms with van der Waals surface area (Å²) in [6.45, 7) is 3.53. The van der Waals surface area contributed by atoms with E-state index >= 15 is 0 Å². The lowest BCUT2D eigenvalue weighted by atomic mass is 10.1. The van der Waals surface area contributed by atoms with Gasteiger partial charge in [0, 0.05) is 0 Å². The summed E-state index contributed by atoms with van der Waals surface area (Å²) >= 11 is 6.04. The molecular formula is C18H18ClN3O3. The SMILES string of the molecule is C[C@H](Oc1ccccc1Cl)C(=O)N[C@@H](C)c1ccc2[nH]c(=O)[nH]c2c1. The molecule has 130 valence electrons. The average molecular weight is 360 g/mol. The Kier molecular flexibility index (Phi) is 4.81. The predicted octanol–water partition coefficient (Wildman–Crippen LogP) is 3.15. The quantitative estimate of drug-likeness (QED) is 0.654. The molecular weight excluding hydrogens is 342 g/mol. The number of amides is 1. The minimum Gasteiger partial charge on any atom is -0.479 e. The molecule has 0 saturated carbocycles. The van der Waals surface area contributed by atoms with Crippen molar-refractivity contribution in [3.63, 3.8) is 0 Å². The van der Waals surface area contributed by atoms with Crippen LogP contribution in [0.25, 0.3) is 11.0 Å². The first-order chi connectivity index (χ1) is 11.9. The largest absolute Gasteiger partial charge is 0.479 e. The first kappa shape index (κ1) is 17.1. The summed E-state index contributed by atoms with van der Waals surface area (Å²) in [6, 6.07) is 12.3. The number of halogens is 1. The lowest BCUT2D eigenvalue weighted by Gasteiger charge is -2.19. The van der Waals surface area contributed by atoms with Gasteiger partial charge in [0.05, 0.1) is 22.1 Å². The highest BCUT2D eigenvalue weighted by molar-refractivity contribution is 6.32. The van der Waals surface area contributed by atoms with Gasteiger partial charge in [0.1, 0.15) is 5.75 Å². The van der Waals surface area contributed by atoms with Crippen LogP contribution < -0.4 is 15.7 Å². The second-order valence-corrected chi connectivity index (χ2v) is 6.21. The zero-order valence-electron chi connectivity index (χ0n) is 13.8. The molecule has 2 aromatic carbocycles. The van der Waals surface area contributed by atoms with Crippen LogP contribution in [-0.2, 0) is 4.79 Å². The van der Waals surface area contributed by atoms with Crippen LogP contribution in [0, 0.1) is 0 Å². The number of aromatic nitrogens is 2. The van der Waals surface area contributed by atoms with Crippen LogP contribution in [0.3, 0.4) is 0 Å². The van der Waals surface area contributed by atoms with Crippen molar-refractivity contribution < 1.29 is 9.53 Å². The molecule has 3 aromatic rings. The third kappa shape index (κ3) is 3.85. The van der Waals surface area contributed by atoms with Crippen molar-refractivity contribution in [2.75, 3.05) is 0 Å². The number of imidazole rings is 1. The smallest absolute Gasteiger partial charge is 0.323 e. The van der Waals surface area contributed by atoms with E-state index in [1.54, 1.807) is 37.3 Å². The van der Waals surface area contributed by atoms with Crippen molar-refractivity contribution in [1.82, 2.24) is 15.3 Å². The molecule has 1 aromatic heterocycles. The standard InChI is InChI=1S/C18H18ClN3O3/c1-10(12-7-8-14-15(9-12)22-18(24)21-14)20-17(23)11(2)25-16-6-4-3-5-13(16)19/h3-11H,1-2H3,(H,20,23)(H2,21,22,24)/t10-,11-/m0/s1. The summed E-state index contributed by atoms with van der Waals surface area (Å²) in [5, 5.41) is 3.35. The van der Waals surface area contributed by atoms with Crippen molar-refractivity contribution in [3.8, 4) is 5.75 Å². The Hall–Kier alpha value is -2.73. The number of H-pyrrole nitrogens is 2. The highest BCUT2D eigenvalue weighted by atomic mass is 35.5. The zero-order valence-corrected chi connectivity index (χ0v) is 14.6. The van der Waals surface area contributed by atoms with Crippen LogP contribution in [0.2, 0.25) is 5.02 Å². The highest BCUT2D eigenvalue weighted by Crippen LogP contribution is 2.24. The number of benzene rings is 2. The second kappa shape index (κ2) is 7.03. The number of fused-ring (bicyclic) bond motifs is 1. The van der Waals surface area contributed by atoms with Gasteiger partial charge in [-0.15, -0.1) is 0 Å². The Labute approximate surface area is 149 Å². The van der Waals surface area contributed by atoms with E-state index in [1.807, 2.05) is 19.1 Å². The normalized spacial score (nSPS) is 13.4. The van der Waals surface area contributed by atoms with Gasteiger partial charge in [-0.25, -0.2) is 4.79 Å². The van der Waals surface area contributed by atoms with Gasteiger partial charge in [0.15, 0.2) is 6.10 Å². The molecule has 6 nitrogen and oxygen atoms in total. The Bertz CT molecular complexity index is 963. The van der Waals surface area contributed by atoms with Crippen LogP contribution >= 0.6 is 11.6 Å². The Balaban J connectivity index is 1.68. The van der Waals surface area contributed by atoms with Gasteiger partial charge in [-0.2, -0.15) is 0 Å². The number of hydrogen-bond acceptors (Lipinski definition) is 3. The van der Waals surface area contributed by atoms with Gasteiger partial charge >= 0.3 is 5.69 Å². The molecule has 0 bridgehead atoms. The maximum absolute atomic E-state index is 12.4. The minimum absolute atomic E-state index is 0.243. The first-order valence-electron chi connectivity index (χ1n) is 7.87.